The first kappa shape index (κ1) is 53.3. The molecule has 4 heterocycles. The van der Waals surface area contributed by atoms with Gasteiger partial charge in [0.15, 0.2) is 6.29 Å². The molecular weight excluding hydrogens is 835 g/mol. The number of benzene rings is 1. The van der Waals surface area contributed by atoms with E-state index in [1.54, 1.807) is 27.7 Å². The molecule has 370 valence electrons. The second-order valence-corrected chi connectivity index (χ2v) is 20.7. The summed E-state index contributed by atoms with van der Waals surface area (Å²) in [4.78, 5) is 18.6. The van der Waals surface area contributed by atoms with Crippen LogP contribution in [0.1, 0.15) is 106 Å². The number of aryl methyl sites for hydroxylation is 2. The van der Waals surface area contributed by atoms with Gasteiger partial charge in [0.2, 0.25) is 0 Å². The van der Waals surface area contributed by atoms with E-state index < -0.39 is 95.6 Å². The van der Waals surface area contributed by atoms with Crippen LogP contribution in [0.25, 0.3) is 0 Å². The van der Waals surface area contributed by atoms with Gasteiger partial charge in [-0.05, 0) is 105 Å². The number of aliphatic hydroxyl groups is 5. The van der Waals surface area contributed by atoms with Gasteiger partial charge in [-0.3, -0.25) is 14.4 Å². The van der Waals surface area contributed by atoms with Gasteiger partial charge < -0.3 is 54.1 Å². The quantitative estimate of drug-likeness (QED) is 0.193. The van der Waals surface area contributed by atoms with Crippen molar-refractivity contribution in [1.29, 1.82) is 0 Å². The van der Waals surface area contributed by atoms with Crippen molar-refractivity contribution in [2.24, 2.45) is 23.7 Å². The lowest BCUT2D eigenvalue weighted by Crippen LogP contribution is -2.62. The molecule has 3 fully saturated rings. The van der Waals surface area contributed by atoms with Crippen LogP contribution in [0, 0.1) is 23.7 Å². The molecule has 2 aromatic rings. The highest BCUT2D eigenvalue weighted by atomic mass is 16.7. The first-order valence-corrected chi connectivity index (χ1v) is 24.0. The molecule has 0 aliphatic carbocycles. The van der Waals surface area contributed by atoms with Crippen LogP contribution in [0.2, 0.25) is 0 Å². The maximum absolute atomic E-state index is 14.6. The molecule has 18 atom stereocenters. The smallest absolute Gasteiger partial charge is 0.309 e. The van der Waals surface area contributed by atoms with E-state index in [2.05, 4.69) is 27.3 Å². The zero-order valence-corrected chi connectivity index (χ0v) is 41.4. The maximum Gasteiger partial charge on any atom is 0.309 e. The van der Waals surface area contributed by atoms with E-state index in [1.165, 1.54) is 19.6 Å². The van der Waals surface area contributed by atoms with E-state index in [0.717, 1.165) is 18.5 Å². The Balaban J connectivity index is 1.47. The van der Waals surface area contributed by atoms with Crippen LogP contribution in [-0.2, 0) is 47.9 Å². The van der Waals surface area contributed by atoms with Crippen molar-refractivity contribution in [3.05, 3.63) is 47.8 Å². The number of carbonyl (C=O) groups excluding carboxylic acids is 1. The number of methoxy groups -OCH3 is 1. The number of ether oxygens (including phenoxy) is 5. The van der Waals surface area contributed by atoms with E-state index in [0.29, 0.717) is 26.1 Å². The van der Waals surface area contributed by atoms with Crippen molar-refractivity contribution in [3.63, 3.8) is 0 Å². The summed E-state index contributed by atoms with van der Waals surface area (Å²) in [6, 6.07) is 9.36. The fourth-order valence-electron chi connectivity index (χ4n) is 11.1. The molecule has 5 N–H and O–H groups in total. The fraction of sp³-hybridized carbons (Fsp3) is 0.816. The Morgan fingerprint density at radius 2 is 1.63 bits per heavy atom. The van der Waals surface area contributed by atoms with E-state index in [-0.39, 0.29) is 37.3 Å². The third kappa shape index (κ3) is 12.5. The van der Waals surface area contributed by atoms with Crippen LogP contribution in [0.3, 0.4) is 0 Å². The summed E-state index contributed by atoms with van der Waals surface area (Å²) in [6.07, 6.45) is -3.49. The van der Waals surface area contributed by atoms with Crippen molar-refractivity contribution < 1.29 is 54.0 Å². The maximum atomic E-state index is 14.6. The SMILES string of the molecule is CC[C@H]1OC(=O)[C@H](C)C([C@H]2C[C@@](C)(OC)[C@@H](O)[C@H](C)O2)[C@H](C)[C@@H](O[C@@H]2O[C@H](C)C[C@H](N(C)CCn3cc(CCc4ccccc4)nn3)[C@H]2O)[C@](C)(O)C[C@@H](C)CN(C)[C@H](C)[C@@H](O)[C@]1(C)O. The van der Waals surface area contributed by atoms with Crippen molar-refractivity contribution >= 4 is 5.97 Å². The predicted molar refractivity (Wildman–Crippen MR) is 246 cm³/mol. The standard InChI is InChI=1S/C49H83N5O11/c1-14-39-49(10,60)42(56)33(6)53(12)27-29(2)25-47(8,59)44(31(4)40(32(5)45(58)64-39)38-26-48(9,61-13)43(57)34(7)63-38)65-46-41(55)37(24-30(3)62-46)52(11)22-23-54-28-36(50-51-54)21-20-35-18-16-15-17-19-35/h15-19,28-34,37-44,46,55-57,59-60H,14,20-27H2,1-13H3/t29-,30-,31+,32-,33-,34+,37+,38-,39-,40?,41-,42-,43+,44-,46+,47-,48-,49-/m1/s1. The Morgan fingerprint density at radius 3 is 2.28 bits per heavy atom. The number of hydrogen-bond donors (Lipinski definition) is 5. The highest BCUT2D eigenvalue weighted by Crippen LogP contribution is 2.45. The van der Waals surface area contributed by atoms with Crippen LogP contribution < -0.4 is 0 Å². The van der Waals surface area contributed by atoms with Crippen LogP contribution in [0.15, 0.2) is 36.5 Å². The Hall–Kier alpha value is -2.61. The van der Waals surface area contributed by atoms with Crippen molar-refractivity contribution in [1.82, 2.24) is 24.8 Å². The first-order valence-electron chi connectivity index (χ1n) is 24.0. The highest BCUT2D eigenvalue weighted by Gasteiger charge is 2.55. The number of esters is 1. The van der Waals surface area contributed by atoms with Gasteiger partial charge in [-0.15, -0.1) is 5.10 Å². The summed E-state index contributed by atoms with van der Waals surface area (Å²) in [5.74, 6) is -3.05. The molecule has 3 aliphatic heterocycles. The third-order valence-corrected chi connectivity index (χ3v) is 15.2. The van der Waals surface area contributed by atoms with Gasteiger partial charge in [-0.25, -0.2) is 0 Å². The second kappa shape index (κ2) is 22.2. The molecule has 16 nitrogen and oxygen atoms in total. The van der Waals surface area contributed by atoms with E-state index in [9.17, 15) is 30.3 Å². The zero-order chi connectivity index (χ0) is 48.2. The molecule has 1 unspecified atom stereocenters. The number of hydrogen-bond acceptors (Lipinski definition) is 15. The van der Waals surface area contributed by atoms with Crippen molar-refractivity contribution in [2.75, 3.05) is 34.3 Å². The van der Waals surface area contributed by atoms with E-state index in [4.69, 9.17) is 23.7 Å². The zero-order valence-electron chi connectivity index (χ0n) is 41.4. The fourth-order valence-corrected chi connectivity index (χ4v) is 11.1. The normalized spacial score (nSPS) is 42.0. The molecule has 3 aliphatic rings. The lowest BCUT2D eigenvalue weighted by Gasteiger charge is -2.51. The molecule has 0 saturated carbocycles. The summed E-state index contributed by atoms with van der Waals surface area (Å²) in [5.41, 5.74) is -2.26. The number of rotatable bonds is 12. The molecule has 0 amide bonds. The topological polar surface area (TPSA) is 202 Å². The molecule has 0 spiro atoms. The number of cyclic esters (lactones) is 1. The minimum absolute atomic E-state index is 0.155. The van der Waals surface area contributed by atoms with Gasteiger partial charge >= 0.3 is 5.97 Å². The number of likely N-dealkylation sites (N-methyl/N-ethyl adjacent to an activating group) is 2. The summed E-state index contributed by atoms with van der Waals surface area (Å²) >= 11 is 0. The minimum atomic E-state index is -1.80. The van der Waals surface area contributed by atoms with Crippen LogP contribution in [-0.4, -0.2) is 175 Å². The average molecular weight is 918 g/mol. The molecule has 65 heavy (non-hydrogen) atoms. The minimum Gasteiger partial charge on any atom is -0.459 e. The van der Waals surface area contributed by atoms with Crippen LogP contribution in [0.5, 0.6) is 0 Å². The van der Waals surface area contributed by atoms with Gasteiger partial charge in [-0.1, -0.05) is 63.2 Å². The number of aliphatic hydroxyl groups excluding tert-OH is 3. The van der Waals surface area contributed by atoms with Gasteiger partial charge in [0, 0.05) is 50.8 Å². The van der Waals surface area contributed by atoms with Crippen molar-refractivity contribution in [2.45, 2.75) is 198 Å². The Morgan fingerprint density at radius 1 is 0.954 bits per heavy atom. The molecular formula is C49H83N5O11. The average Bonchev–Trinajstić information content (AvgIpc) is 3.72. The summed E-state index contributed by atoms with van der Waals surface area (Å²) in [6.45, 7) is 19.6. The van der Waals surface area contributed by atoms with Gasteiger partial charge in [-0.2, -0.15) is 0 Å². The van der Waals surface area contributed by atoms with E-state index in [1.807, 2.05) is 82.7 Å². The molecule has 0 bridgehead atoms. The highest BCUT2D eigenvalue weighted by molar-refractivity contribution is 5.73. The monoisotopic (exact) mass is 918 g/mol. The number of carbonyl (C=O) groups is 1. The Kier molecular flexibility index (Phi) is 18.2. The largest absolute Gasteiger partial charge is 0.459 e. The molecule has 1 aromatic carbocycles. The summed E-state index contributed by atoms with van der Waals surface area (Å²) in [7, 11) is 5.36. The molecule has 16 heteroatoms. The molecule has 5 rings (SSSR count). The molecule has 1 aromatic heterocycles. The second-order valence-electron chi connectivity index (χ2n) is 20.7. The van der Waals surface area contributed by atoms with Crippen molar-refractivity contribution in [3.8, 4) is 0 Å². The number of aromatic nitrogens is 3. The Labute approximate surface area is 387 Å². The molecule has 3 saturated heterocycles. The van der Waals surface area contributed by atoms with Crippen LogP contribution in [0.4, 0.5) is 0 Å². The third-order valence-electron chi connectivity index (χ3n) is 15.2. The first-order chi connectivity index (χ1) is 30.4. The number of nitrogens with zero attached hydrogens (tertiary/aromatic N) is 5. The summed E-state index contributed by atoms with van der Waals surface area (Å²) < 4.78 is 34.0. The lowest BCUT2D eigenvalue weighted by molar-refractivity contribution is -0.303. The van der Waals surface area contributed by atoms with Gasteiger partial charge in [0.1, 0.15) is 30.0 Å². The summed E-state index contributed by atoms with van der Waals surface area (Å²) in [5, 5.41) is 68.7. The van der Waals surface area contributed by atoms with Gasteiger partial charge in [0.05, 0.1) is 53.8 Å². The van der Waals surface area contributed by atoms with Crippen LogP contribution >= 0.6 is 0 Å². The van der Waals surface area contributed by atoms with E-state index >= 15 is 0 Å². The molecule has 0 radical (unpaired) electrons. The predicted octanol–water partition coefficient (Wildman–Crippen LogP) is 3.62. The van der Waals surface area contributed by atoms with Gasteiger partial charge in [0.25, 0.3) is 0 Å². The Bertz CT molecular complexity index is 1790. The lowest BCUT2D eigenvalue weighted by atomic mass is 9.68.